The van der Waals surface area contributed by atoms with Gasteiger partial charge in [0, 0.05) is 26.1 Å². The van der Waals surface area contributed by atoms with Crippen LogP contribution in [0, 0.1) is 5.82 Å². The van der Waals surface area contributed by atoms with Gasteiger partial charge >= 0.3 is 6.03 Å². The molecule has 0 spiro atoms. The van der Waals surface area contributed by atoms with E-state index in [9.17, 15) is 18.8 Å². The molecule has 1 heterocycles. The number of hydrogen-bond acceptors (Lipinski definition) is 3. The van der Waals surface area contributed by atoms with Crippen molar-refractivity contribution in [1.82, 2.24) is 15.1 Å². The Kier molecular flexibility index (Phi) is 5.80. The SMILES string of the molecule is O=C(CN1C(=O)CCNC1=O)N(Cc1ccccc1)Cc1ccc(F)cc1. The second kappa shape index (κ2) is 8.44. The van der Waals surface area contributed by atoms with E-state index in [0.717, 1.165) is 16.0 Å². The molecule has 140 valence electrons. The number of carbonyl (C=O) groups excluding carboxylic acids is 3. The Balaban J connectivity index is 1.77. The quantitative estimate of drug-likeness (QED) is 0.849. The number of amides is 4. The molecule has 6 nitrogen and oxygen atoms in total. The van der Waals surface area contributed by atoms with E-state index in [2.05, 4.69) is 5.32 Å². The van der Waals surface area contributed by atoms with Crippen LogP contribution in [0.15, 0.2) is 54.6 Å². The lowest BCUT2D eigenvalue weighted by molar-refractivity contribution is -0.139. The Bertz CT molecular complexity index is 808. The van der Waals surface area contributed by atoms with Gasteiger partial charge in [-0.3, -0.25) is 14.5 Å². The van der Waals surface area contributed by atoms with Crippen LogP contribution < -0.4 is 5.32 Å². The first-order valence-electron chi connectivity index (χ1n) is 8.67. The predicted octanol–water partition coefficient (Wildman–Crippen LogP) is 2.30. The summed E-state index contributed by atoms with van der Waals surface area (Å²) in [5, 5.41) is 2.57. The van der Waals surface area contributed by atoms with Crippen LogP contribution in [0.5, 0.6) is 0 Å². The molecule has 0 atom stereocenters. The molecule has 4 amide bonds. The van der Waals surface area contributed by atoms with Gasteiger partial charge in [0.05, 0.1) is 0 Å². The highest BCUT2D eigenvalue weighted by atomic mass is 19.1. The van der Waals surface area contributed by atoms with Crippen LogP contribution in [-0.4, -0.2) is 40.7 Å². The molecule has 1 aliphatic heterocycles. The fourth-order valence-electron chi connectivity index (χ4n) is 2.86. The highest BCUT2D eigenvalue weighted by Gasteiger charge is 2.29. The molecule has 0 aromatic heterocycles. The molecular weight excluding hydrogens is 349 g/mol. The zero-order valence-corrected chi connectivity index (χ0v) is 14.7. The first-order valence-corrected chi connectivity index (χ1v) is 8.67. The highest BCUT2D eigenvalue weighted by Crippen LogP contribution is 2.13. The van der Waals surface area contributed by atoms with Crippen molar-refractivity contribution in [3.63, 3.8) is 0 Å². The highest BCUT2D eigenvalue weighted by molar-refractivity contribution is 6.00. The summed E-state index contributed by atoms with van der Waals surface area (Å²) in [4.78, 5) is 39.2. The first kappa shape index (κ1) is 18.6. The Hall–Kier alpha value is -3.22. The standard InChI is InChI=1S/C20H20FN3O3/c21-17-8-6-16(7-9-17)13-23(12-15-4-2-1-3-5-15)19(26)14-24-18(25)10-11-22-20(24)27/h1-9H,10-14H2,(H,22,27). The van der Waals surface area contributed by atoms with Crippen molar-refractivity contribution in [2.24, 2.45) is 0 Å². The monoisotopic (exact) mass is 369 g/mol. The Morgan fingerprint density at radius 2 is 1.63 bits per heavy atom. The second-order valence-electron chi connectivity index (χ2n) is 6.32. The molecule has 2 aromatic rings. The van der Waals surface area contributed by atoms with E-state index >= 15 is 0 Å². The summed E-state index contributed by atoms with van der Waals surface area (Å²) in [7, 11) is 0. The number of rotatable bonds is 6. The molecule has 1 N–H and O–H groups in total. The van der Waals surface area contributed by atoms with Crippen LogP contribution in [0.1, 0.15) is 17.5 Å². The number of imide groups is 1. The number of nitrogens with one attached hydrogen (secondary N) is 1. The van der Waals surface area contributed by atoms with Crippen LogP contribution in [0.4, 0.5) is 9.18 Å². The fraction of sp³-hybridized carbons (Fsp3) is 0.250. The average molecular weight is 369 g/mol. The van der Waals surface area contributed by atoms with E-state index in [4.69, 9.17) is 0 Å². The summed E-state index contributed by atoms with van der Waals surface area (Å²) in [6.07, 6.45) is 0.176. The van der Waals surface area contributed by atoms with Crippen LogP contribution >= 0.6 is 0 Å². The topological polar surface area (TPSA) is 69.7 Å². The molecule has 3 rings (SSSR count). The largest absolute Gasteiger partial charge is 0.337 e. The van der Waals surface area contributed by atoms with E-state index in [-0.39, 0.29) is 43.7 Å². The molecule has 0 saturated carbocycles. The van der Waals surface area contributed by atoms with Gasteiger partial charge in [0.1, 0.15) is 12.4 Å². The normalized spacial score (nSPS) is 14.0. The van der Waals surface area contributed by atoms with Gasteiger partial charge in [0.2, 0.25) is 11.8 Å². The lowest BCUT2D eigenvalue weighted by atomic mass is 10.1. The number of carbonyl (C=O) groups is 3. The van der Waals surface area contributed by atoms with Crippen molar-refractivity contribution < 1.29 is 18.8 Å². The summed E-state index contributed by atoms with van der Waals surface area (Å²) in [6, 6.07) is 14.7. The zero-order chi connectivity index (χ0) is 19.2. The Labute approximate surface area is 156 Å². The average Bonchev–Trinajstić information content (AvgIpc) is 2.67. The van der Waals surface area contributed by atoms with Gasteiger partial charge < -0.3 is 10.2 Å². The fourth-order valence-corrected chi connectivity index (χ4v) is 2.86. The molecule has 0 bridgehead atoms. The molecule has 1 saturated heterocycles. The molecule has 1 fully saturated rings. The number of hydrogen-bond donors (Lipinski definition) is 1. The minimum atomic E-state index is -0.555. The number of nitrogens with zero attached hydrogens (tertiary/aromatic N) is 2. The van der Waals surface area contributed by atoms with Gasteiger partial charge in [-0.15, -0.1) is 0 Å². The maximum absolute atomic E-state index is 13.2. The lowest BCUT2D eigenvalue weighted by Gasteiger charge is -2.29. The Morgan fingerprint density at radius 1 is 1.00 bits per heavy atom. The van der Waals surface area contributed by atoms with Crippen LogP contribution in [0.25, 0.3) is 0 Å². The van der Waals surface area contributed by atoms with Gasteiger partial charge in [-0.05, 0) is 23.3 Å². The van der Waals surface area contributed by atoms with Crippen molar-refractivity contribution in [1.29, 1.82) is 0 Å². The van der Waals surface area contributed by atoms with Crippen molar-refractivity contribution in [2.75, 3.05) is 13.1 Å². The third-order valence-corrected chi connectivity index (χ3v) is 4.31. The van der Waals surface area contributed by atoms with E-state index < -0.39 is 6.03 Å². The second-order valence-corrected chi connectivity index (χ2v) is 6.32. The smallest absolute Gasteiger partial charge is 0.324 e. The van der Waals surface area contributed by atoms with E-state index in [1.54, 1.807) is 17.0 Å². The van der Waals surface area contributed by atoms with Gasteiger partial charge in [0.15, 0.2) is 0 Å². The molecule has 27 heavy (non-hydrogen) atoms. The minimum absolute atomic E-state index is 0.176. The molecule has 0 unspecified atom stereocenters. The van der Waals surface area contributed by atoms with Crippen LogP contribution in [0.2, 0.25) is 0 Å². The summed E-state index contributed by atoms with van der Waals surface area (Å²) in [5.41, 5.74) is 1.68. The van der Waals surface area contributed by atoms with Gasteiger partial charge in [-0.2, -0.15) is 0 Å². The number of benzene rings is 2. The van der Waals surface area contributed by atoms with Crippen LogP contribution in [-0.2, 0) is 22.7 Å². The summed E-state index contributed by atoms with van der Waals surface area (Å²) in [6.45, 7) is 0.530. The molecule has 2 aromatic carbocycles. The number of halogens is 1. The van der Waals surface area contributed by atoms with Gasteiger partial charge in [-0.25, -0.2) is 9.18 Å². The van der Waals surface area contributed by atoms with Gasteiger partial charge in [0.25, 0.3) is 0 Å². The summed E-state index contributed by atoms with van der Waals surface area (Å²) in [5.74, 6) is -1.07. The summed E-state index contributed by atoms with van der Waals surface area (Å²) >= 11 is 0. The minimum Gasteiger partial charge on any atom is -0.337 e. The zero-order valence-electron chi connectivity index (χ0n) is 14.7. The maximum atomic E-state index is 13.2. The van der Waals surface area contributed by atoms with E-state index in [1.807, 2.05) is 30.3 Å². The molecule has 0 radical (unpaired) electrons. The predicted molar refractivity (Wildman–Crippen MR) is 96.8 cm³/mol. The molecule has 1 aliphatic rings. The lowest BCUT2D eigenvalue weighted by Crippen LogP contribution is -2.53. The summed E-state index contributed by atoms with van der Waals surface area (Å²) < 4.78 is 13.2. The van der Waals surface area contributed by atoms with Gasteiger partial charge in [-0.1, -0.05) is 42.5 Å². The van der Waals surface area contributed by atoms with Crippen molar-refractivity contribution in [2.45, 2.75) is 19.5 Å². The van der Waals surface area contributed by atoms with E-state index in [0.29, 0.717) is 6.54 Å². The third-order valence-electron chi connectivity index (χ3n) is 4.31. The number of urea groups is 1. The van der Waals surface area contributed by atoms with Crippen molar-refractivity contribution in [3.05, 3.63) is 71.5 Å². The maximum Gasteiger partial charge on any atom is 0.324 e. The third kappa shape index (κ3) is 4.91. The molecular formula is C20H20FN3O3. The Morgan fingerprint density at radius 3 is 2.26 bits per heavy atom. The van der Waals surface area contributed by atoms with Crippen molar-refractivity contribution in [3.8, 4) is 0 Å². The molecule has 7 heteroatoms. The first-order chi connectivity index (χ1) is 13.0. The van der Waals surface area contributed by atoms with E-state index in [1.165, 1.54) is 12.1 Å². The van der Waals surface area contributed by atoms with Crippen molar-refractivity contribution >= 4 is 17.8 Å². The molecule has 0 aliphatic carbocycles. The van der Waals surface area contributed by atoms with Crippen LogP contribution in [0.3, 0.4) is 0 Å².